The number of hydrogen-bond acceptors (Lipinski definition) is 3. The fourth-order valence-corrected chi connectivity index (χ4v) is 1.60. The van der Waals surface area contributed by atoms with Crippen molar-refractivity contribution in [1.29, 1.82) is 0 Å². The maximum Gasteiger partial charge on any atom is 0.243 e. The van der Waals surface area contributed by atoms with Gasteiger partial charge in [0.25, 0.3) is 0 Å². The van der Waals surface area contributed by atoms with Gasteiger partial charge in [0.15, 0.2) is 0 Å². The first-order valence-corrected chi connectivity index (χ1v) is 5.86. The number of carbonyl (C=O) groups excluding carboxylic acids is 3. The number of hydrogen-bond donors (Lipinski definition) is 3. The summed E-state index contributed by atoms with van der Waals surface area (Å²) in [5.74, 6) is -1.37. The second-order valence-electron chi connectivity index (χ2n) is 4.13. The van der Waals surface area contributed by atoms with Crippen molar-refractivity contribution in [3.05, 3.63) is 35.9 Å². The molecule has 0 aliphatic carbocycles. The Morgan fingerprint density at radius 1 is 1.21 bits per heavy atom. The van der Waals surface area contributed by atoms with Crippen LogP contribution in [0.5, 0.6) is 0 Å². The SMILES string of the molecule is CC(=O)N[C@H](Cc1ccccc1)C(=O)NCC(N)=O. The molecule has 0 aliphatic rings. The monoisotopic (exact) mass is 263 g/mol. The van der Waals surface area contributed by atoms with Crippen LogP contribution in [0.15, 0.2) is 30.3 Å². The molecule has 6 nitrogen and oxygen atoms in total. The van der Waals surface area contributed by atoms with Gasteiger partial charge >= 0.3 is 0 Å². The molecule has 3 amide bonds. The molecular weight excluding hydrogens is 246 g/mol. The Hall–Kier alpha value is -2.37. The summed E-state index contributed by atoms with van der Waals surface area (Å²) in [7, 11) is 0. The Bertz CT molecular complexity index is 459. The summed E-state index contributed by atoms with van der Waals surface area (Å²) in [5.41, 5.74) is 5.87. The van der Waals surface area contributed by atoms with E-state index in [-0.39, 0.29) is 12.5 Å². The quantitative estimate of drug-likeness (QED) is 0.634. The van der Waals surface area contributed by atoms with Crippen LogP contribution >= 0.6 is 0 Å². The summed E-state index contributed by atoms with van der Waals surface area (Å²) in [6.07, 6.45) is 0.352. The molecular formula is C13H17N3O3. The first-order chi connectivity index (χ1) is 8.99. The highest BCUT2D eigenvalue weighted by molar-refractivity contribution is 5.89. The van der Waals surface area contributed by atoms with Crippen molar-refractivity contribution in [1.82, 2.24) is 10.6 Å². The fourth-order valence-electron chi connectivity index (χ4n) is 1.60. The highest BCUT2D eigenvalue weighted by Crippen LogP contribution is 2.03. The van der Waals surface area contributed by atoms with Gasteiger partial charge in [0.05, 0.1) is 6.54 Å². The molecule has 0 fully saturated rings. The molecule has 0 aliphatic heterocycles. The van der Waals surface area contributed by atoms with E-state index >= 15 is 0 Å². The Morgan fingerprint density at radius 3 is 2.37 bits per heavy atom. The third-order valence-corrected chi connectivity index (χ3v) is 2.41. The summed E-state index contributed by atoms with van der Waals surface area (Å²) < 4.78 is 0. The molecule has 4 N–H and O–H groups in total. The van der Waals surface area contributed by atoms with E-state index in [4.69, 9.17) is 5.73 Å². The van der Waals surface area contributed by atoms with Crippen molar-refractivity contribution >= 4 is 17.7 Å². The van der Waals surface area contributed by atoms with Gasteiger partial charge in [-0.05, 0) is 5.56 Å². The maximum absolute atomic E-state index is 11.9. The molecule has 0 bridgehead atoms. The summed E-state index contributed by atoms with van der Waals surface area (Å²) in [4.78, 5) is 33.6. The van der Waals surface area contributed by atoms with Crippen molar-refractivity contribution in [3.8, 4) is 0 Å². The molecule has 102 valence electrons. The van der Waals surface area contributed by atoms with Gasteiger partial charge in [0.2, 0.25) is 17.7 Å². The van der Waals surface area contributed by atoms with E-state index in [2.05, 4.69) is 10.6 Å². The van der Waals surface area contributed by atoms with Crippen molar-refractivity contribution in [2.45, 2.75) is 19.4 Å². The van der Waals surface area contributed by atoms with Gasteiger partial charge in [-0.1, -0.05) is 30.3 Å². The molecule has 1 aromatic rings. The zero-order valence-corrected chi connectivity index (χ0v) is 10.7. The van der Waals surface area contributed by atoms with Crippen LogP contribution in [0.4, 0.5) is 0 Å². The summed E-state index contributed by atoms with van der Waals surface area (Å²) >= 11 is 0. The minimum absolute atomic E-state index is 0.246. The van der Waals surface area contributed by atoms with Gasteiger partial charge in [0, 0.05) is 13.3 Å². The van der Waals surface area contributed by atoms with E-state index in [9.17, 15) is 14.4 Å². The average Bonchev–Trinajstić information content (AvgIpc) is 2.36. The van der Waals surface area contributed by atoms with Gasteiger partial charge in [0.1, 0.15) is 6.04 Å². The summed E-state index contributed by atoms with van der Waals surface area (Å²) in [6, 6.07) is 8.55. The Morgan fingerprint density at radius 2 is 1.84 bits per heavy atom. The van der Waals surface area contributed by atoms with Crippen LogP contribution in [-0.2, 0) is 20.8 Å². The third kappa shape index (κ3) is 5.67. The van der Waals surface area contributed by atoms with Crippen molar-refractivity contribution in [2.75, 3.05) is 6.54 Å². The number of nitrogens with two attached hydrogens (primary N) is 1. The molecule has 0 saturated carbocycles. The lowest BCUT2D eigenvalue weighted by atomic mass is 10.1. The molecule has 0 spiro atoms. The molecule has 19 heavy (non-hydrogen) atoms. The minimum atomic E-state index is -0.723. The fraction of sp³-hybridized carbons (Fsp3) is 0.308. The standard InChI is InChI=1S/C13H17N3O3/c1-9(17)16-11(13(19)15-8-12(14)18)7-10-5-3-2-4-6-10/h2-6,11H,7-8H2,1H3,(H2,14,18)(H,15,19)(H,16,17)/t11-/m1/s1. The van der Waals surface area contributed by atoms with E-state index in [0.29, 0.717) is 6.42 Å². The lowest BCUT2D eigenvalue weighted by Gasteiger charge is -2.17. The third-order valence-electron chi connectivity index (χ3n) is 2.41. The molecule has 1 rings (SSSR count). The first-order valence-electron chi connectivity index (χ1n) is 5.86. The first kappa shape index (κ1) is 14.7. The van der Waals surface area contributed by atoms with E-state index in [1.807, 2.05) is 30.3 Å². The number of carbonyl (C=O) groups is 3. The largest absolute Gasteiger partial charge is 0.368 e. The molecule has 1 aromatic carbocycles. The molecule has 0 aromatic heterocycles. The van der Waals surface area contributed by atoms with Crippen LogP contribution in [0.3, 0.4) is 0 Å². The lowest BCUT2D eigenvalue weighted by molar-refractivity contribution is -0.129. The Kier molecular flexibility index (Phi) is 5.53. The number of benzene rings is 1. The van der Waals surface area contributed by atoms with Crippen LogP contribution < -0.4 is 16.4 Å². The minimum Gasteiger partial charge on any atom is -0.368 e. The van der Waals surface area contributed by atoms with Crippen molar-refractivity contribution < 1.29 is 14.4 Å². The smallest absolute Gasteiger partial charge is 0.243 e. The average molecular weight is 263 g/mol. The number of amides is 3. The molecule has 0 unspecified atom stereocenters. The summed E-state index contributed by atoms with van der Waals surface area (Å²) in [6.45, 7) is 1.09. The topological polar surface area (TPSA) is 101 Å². The molecule has 0 radical (unpaired) electrons. The van der Waals surface area contributed by atoms with Gasteiger partial charge in [-0.15, -0.1) is 0 Å². The van der Waals surface area contributed by atoms with E-state index in [1.54, 1.807) is 0 Å². The molecule has 0 saturated heterocycles. The van der Waals surface area contributed by atoms with Crippen LogP contribution in [-0.4, -0.2) is 30.3 Å². The van der Waals surface area contributed by atoms with Crippen LogP contribution in [0.1, 0.15) is 12.5 Å². The molecule has 0 heterocycles. The highest BCUT2D eigenvalue weighted by atomic mass is 16.2. The van der Waals surface area contributed by atoms with Gasteiger partial charge < -0.3 is 16.4 Å². The number of primary amides is 1. The lowest BCUT2D eigenvalue weighted by Crippen LogP contribution is -2.49. The van der Waals surface area contributed by atoms with Crippen LogP contribution in [0, 0.1) is 0 Å². The van der Waals surface area contributed by atoms with E-state index in [1.165, 1.54) is 6.92 Å². The second-order valence-corrected chi connectivity index (χ2v) is 4.13. The van der Waals surface area contributed by atoms with Crippen molar-refractivity contribution in [3.63, 3.8) is 0 Å². The van der Waals surface area contributed by atoms with Gasteiger partial charge in [-0.3, -0.25) is 14.4 Å². The number of nitrogens with one attached hydrogen (secondary N) is 2. The Labute approximate surface area is 111 Å². The highest BCUT2D eigenvalue weighted by Gasteiger charge is 2.19. The zero-order valence-electron chi connectivity index (χ0n) is 10.7. The maximum atomic E-state index is 11.9. The summed E-state index contributed by atoms with van der Waals surface area (Å²) in [5, 5.41) is 4.93. The molecule has 6 heteroatoms. The predicted molar refractivity (Wildman–Crippen MR) is 70.0 cm³/mol. The Balaban J connectivity index is 2.68. The second kappa shape index (κ2) is 7.15. The normalized spacial score (nSPS) is 11.4. The van der Waals surface area contributed by atoms with Crippen LogP contribution in [0.2, 0.25) is 0 Å². The predicted octanol–water partition coefficient (Wildman–Crippen LogP) is -0.665. The zero-order chi connectivity index (χ0) is 14.3. The number of rotatable bonds is 6. The van der Waals surface area contributed by atoms with Gasteiger partial charge in [-0.25, -0.2) is 0 Å². The van der Waals surface area contributed by atoms with E-state index in [0.717, 1.165) is 5.56 Å². The molecule has 1 atom stereocenters. The van der Waals surface area contributed by atoms with Crippen LogP contribution in [0.25, 0.3) is 0 Å². The van der Waals surface area contributed by atoms with Crippen molar-refractivity contribution in [2.24, 2.45) is 5.73 Å². The van der Waals surface area contributed by atoms with E-state index < -0.39 is 17.9 Å². The van der Waals surface area contributed by atoms with Gasteiger partial charge in [-0.2, -0.15) is 0 Å².